The van der Waals surface area contributed by atoms with Crippen molar-refractivity contribution in [3.63, 3.8) is 0 Å². The lowest BCUT2D eigenvalue weighted by atomic mass is 9.64. The summed E-state index contributed by atoms with van der Waals surface area (Å²) < 4.78 is 0. The van der Waals surface area contributed by atoms with Crippen LogP contribution in [0.3, 0.4) is 0 Å². The molecule has 18 heavy (non-hydrogen) atoms. The Labute approximate surface area is 110 Å². The molecule has 1 fully saturated rings. The van der Waals surface area contributed by atoms with Crippen molar-refractivity contribution < 1.29 is 0 Å². The van der Waals surface area contributed by atoms with Gasteiger partial charge < -0.3 is 10.6 Å². The van der Waals surface area contributed by atoms with Crippen LogP contribution in [0, 0.1) is 11.3 Å². The van der Waals surface area contributed by atoms with Gasteiger partial charge in [0, 0.05) is 26.7 Å². The van der Waals surface area contributed by atoms with Crippen LogP contribution in [0.1, 0.15) is 33.1 Å². The summed E-state index contributed by atoms with van der Waals surface area (Å²) in [7, 11) is 1.98. The Morgan fingerprint density at radius 1 is 1.44 bits per heavy atom. The molecule has 3 rings (SSSR count). The van der Waals surface area contributed by atoms with Crippen LogP contribution in [-0.2, 0) is 0 Å². The van der Waals surface area contributed by atoms with E-state index in [4.69, 9.17) is 0 Å². The van der Waals surface area contributed by atoms with Crippen molar-refractivity contribution in [3.05, 3.63) is 23.2 Å². The van der Waals surface area contributed by atoms with E-state index in [0.29, 0.717) is 5.41 Å². The molecule has 2 aliphatic heterocycles. The van der Waals surface area contributed by atoms with Crippen molar-refractivity contribution in [2.24, 2.45) is 11.3 Å². The molecule has 0 aromatic heterocycles. The van der Waals surface area contributed by atoms with Crippen LogP contribution in [0.5, 0.6) is 0 Å². The minimum absolute atomic E-state index is 0.610. The first-order valence-corrected chi connectivity index (χ1v) is 7.18. The van der Waals surface area contributed by atoms with Crippen LogP contribution < -0.4 is 10.6 Å². The molecular weight excluding hydrogens is 222 g/mol. The maximum atomic E-state index is 3.33. The predicted molar refractivity (Wildman–Crippen MR) is 74.9 cm³/mol. The van der Waals surface area contributed by atoms with Crippen molar-refractivity contribution >= 4 is 0 Å². The summed E-state index contributed by atoms with van der Waals surface area (Å²) in [6.45, 7) is 8.45. The van der Waals surface area contributed by atoms with Crippen LogP contribution in [0.4, 0.5) is 0 Å². The van der Waals surface area contributed by atoms with Crippen molar-refractivity contribution in [2.75, 3.05) is 26.7 Å². The lowest BCUT2D eigenvalue weighted by molar-refractivity contribution is 0.0629. The van der Waals surface area contributed by atoms with Crippen molar-refractivity contribution in [3.8, 4) is 0 Å². The fourth-order valence-corrected chi connectivity index (χ4v) is 3.66. The van der Waals surface area contributed by atoms with E-state index in [1.165, 1.54) is 49.4 Å². The number of nitrogens with zero attached hydrogens (tertiary/aromatic N) is 1. The topological polar surface area (TPSA) is 37.2 Å². The molecule has 0 saturated heterocycles. The summed E-state index contributed by atoms with van der Waals surface area (Å²) in [5, 5.41) is 6.51. The van der Waals surface area contributed by atoms with Gasteiger partial charge >= 0.3 is 0 Å². The average Bonchev–Trinajstić information content (AvgIpc) is 3.06. The molecular formula is C15H25N3. The molecule has 0 radical (unpaired) electrons. The molecule has 0 atom stereocenters. The monoisotopic (exact) mass is 247 g/mol. The van der Waals surface area contributed by atoms with Gasteiger partial charge in [0.15, 0.2) is 0 Å². The van der Waals surface area contributed by atoms with E-state index in [0.717, 1.165) is 12.5 Å². The lowest BCUT2D eigenvalue weighted by Crippen LogP contribution is -2.42. The highest BCUT2D eigenvalue weighted by atomic mass is 15.2. The zero-order valence-corrected chi connectivity index (χ0v) is 11.8. The van der Waals surface area contributed by atoms with E-state index in [1.54, 1.807) is 0 Å². The van der Waals surface area contributed by atoms with Crippen molar-refractivity contribution in [1.82, 2.24) is 15.5 Å². The summed E-state index contributed by atoms with van der Waals surface area (Å²) in [6.07, 6.45) is 6.41. The van der Waals surface area contributed by atoms with Crippen molar-refractivity contribution in [2.45, 2.75) is 33.1 Å². The van der Waals surface area contributed by atoms with Crippen LogP contribution in [0.25, 0.3) is 0 Å². The molecule has 2 heterocycles. The van der Waals surface area contributed by atoms with E-state index >= 15 is 0 Å². The number of nitrogens with one attached hydrogen (secondary N) is 2. The zero-order valence-electron chi connectivity index (χ0n) is 11.8. The Balaban J connectivity index is 1.51. The molecule has 100 valence electrons. The molecule has 1 saturated carbocycles. The Kier molecular flexibility index (Phi) is 2.89. The maximum absolute atomic E-state index is 3.33. The number of rotatable bonds is 4. The molecule has 0 bridgehead atoms. The molecule has 0 spiro atoms. The van der Waals surface area contributed by atoms with Gasteiger partial charge in [-0.05, 0) is 36.2 Å². The molecule has 0 aromatic carbocycles. The molecule has 0 aromatic rings. The largest absolute Gasteiger partial charge is 0.373 e. The molecule has 0 amide bonds. The molecule has 3 nitrogen and oxygen atoms in total. The normalized spacial score (nSPS) is 27.4. The van der Waals surface area contributed by atoms with Crippen LogP contribution in [0.2, 0.25) is 0 Å². The van der Waals surface area contributed by atoms with Crippen LogP contribution >= 0.6 is 0 Å². The second kappa shape index (κ2) is 4.30. The fraction of sp³-hybridized carbons (Fsp3) is 0.733. The molecule has 2 N–H and O–H groups in total. The summed E-state index contributed by atoms with van der Waals surface area (Å²) >= 11 is 0. The maximum Gasteiger partial charge on any atom is 0.128 e. The first-order chi connectivity index (χ1) is 8.57. The fourth-order valence-electron chi connectivity index (χ4n) is 3.66. The summed E-state index contributed by atoms with van der Waals surface area (Å²) in [6, 6.07) is 0. The minimum atomic E-state index is 0.610. The second-order valence-corrected chi connectivity index (χ2v) is 6.82. The summed E-state index contributed by atoms with van der Waals surface area (Å²) in [5.41, 5.74) is 3.44. The average molecular weight is 247 g/mol. The van der Waals surface area contributed by atoms with Crippen molar-refractivity contribution in [1.29, 1.82) is 0 Å². The quantitative estimate of drug-likeness (QED) is 0.798. The smallest absolute Gasteiger partial charge is 0.128 e. The molecule has 0 unspecified atom stereocenters. The minimum Gasteiger partial charge on any atom is -0.373 e. The van der Waals surface area contributed by atoms with Gasteiger partial charge in [0.1, 0.15) is 5.82 Å². The Morgan fingerprint density at radius 2 is 2.22 bits per heavy atom. The van der Waals surface area contributed by atoms with Gasteiger partial charge in [0.05, 0.1) is 5.70 Å². The molecule has 1 aliphatic carbocycles. The van der Waals surface area contributed by atoms with Gasteiger partial charge in [0.2, 0.25) is 0 Å². The first kappa shape index (κ1) is 12.1. The van der Waals surface area contributed by atoms with E-state index in [-0.39, 0.29) is 0 Å². The van der Waals surface area contributed by atoms with Crippen LogP contribution in [0.15, 0.2) is 23.2 Å². The van der Waals surface area contributed by atoms with E-state index in [2.05, 4.69) is 35.5 Å². The Hall–Kier alpha value is -0.960. The third-order valence-electron chi connectivity index (χ3n) is 4.44. The van der Waals surface area contributed by atoms with Gasteiger partial charge in [-0.15, -0.1) is 0 Å². The third kappa shape index (κ3) is 2.41. The highest BCUT2D eigenvalue weighted by molar-refractivity contribution is 5.46. The Morgan fingerprint density at radius 3 is 2.83 bits per heavy atom. The highest BCUT2D eigenvalue weighted by Gasteiger charge is 2.37. The summed E-state index contributed by atoms with van der Waals surface area (Å²) in [5.74, 6) is 2.15. The SMILES string of the molecule is CNC1=C(C2=CCCN(CC3CC(C)(C)C3)C2)N1. The number of hydrogen-bond acceptors (Lipinski definition) is 3. The summed E-state index contributed by atoms with van der Waals surface area (Å²) in [4.78, 5) is 2.63. The van der Waals surface area contributed by atoms with Gasteiger partial charge in [-0.3, -0.25) is 4.90 Å². The van der Waals surface area contributed by atoms with Crippen LogP contribution in [-0.4, -0.2) is 31.6 Å². The lowest BCUT2D eigenvalue weighted by Gasteiger charge is -2.45. The zero-order chi connectivity index (χ0) is 12.8. The predicted octanol–water partition coefficient (Wildman–Crippen LogP) is 2.05. The van der Waals surface area contributed by atoms with E-state index in [1.807, 2.05) is 7.05 Å². The van der Waals surface area contributed by atoms with E-state index in [9.17, 15) is 0 Å². The number of hydrogen-bond donors (Lipinski definition) is 2. The molecule has 3 heteroatoms. The Bertz CT molecular complexity index is 398. The first-order valence-electron chi connectivity index (χ1n) is 7.18. The van der Waals surface area contributed by atoms with E-state index < -0.39 is 0 Å². The van der Waals surface area contributed by atoms with Gasteiger partial charge in [-0.1, -0.05) is 19.9 Å². The van der Waals surface area contributed by atoms with Gasteiger partial charge in [-0.2, -0.15) is 0 Å². The standard InChI is InChI=1S/C15H25N3/c1-15(2)7-11(8-15)9-18-6-4-5-12(10-18)13-14(16-3)17-13/h5,11,16-17H,4,6-10H2,1-3H3. The molecule has 3 aliphatic rings. The van der Waals surface area contributed by atoms with Gasteiger partial charge in [-0.25, -0.2) is 0 Å². The highest BCUT2D eigenvalue weighted by Crippen LogP contribution is 2.45. The van der Waals surface area contributed by atoms with Gasteiger partial charge in [0.25, 0.3) is 0 Å². The second-order valence-electron chi connectivity index (χ2n) is 6.82. The third-order valence-corrected chi connectivity index (χ3v) is 4.44.